The second-order valence-corrected chi connectivity index (χ2v) is 4.57. The second-order valence-electron chi connectivity index (χ2n) is 4.57. The Morgan fingerprint density at radius 2 is 2.24 bits per heavy atom. The van der Waals surface area contributed by atoms with Gasteiger partial charge in [-0.3, -0.25) is 9.78 Å². The molecule has 21 heavy (non-hydrogen) atoms. The Hall–Kier alpha value is -2.64. The summed E-state index contributed by atoms with van der Waals surface area (Å²) in [6.07, 6.45) is 3.50. The van der Waals surface area contributed by atoms with Crippen molar-refractivity contribution in [1.29, 1.82) is 0 Å². The summed E-state index contributed by atoms with van der Waals surface area (Å²) in [6, 6.07) is 9.10. The first kappa shape index (κ1) is 14.8. The molecule has 4 heteroatoms. The van der Waals surface area contributed by atoms with E-state index in [1.807, 2.05) is 25.1 Å². The molecule has 3 N–H and O–H groups in total. The summed E-state index contributed by atoms with van der Waals surface area (Å²) in [6.45, 7) is 2.75. The van der Waals surface area contributed by atoms with E-state index in [-0.39, 0.29) is 5.91 Å². The van der Waals surface area contributed by atoms with Gasteiger partial charge in [-0.15, -0.1) is 0 Å². The molecule has 0 radical (unpaired) electrons. The second kappa shape index (κ2) is 7.22. The number of carbonyl (C=O) groups excluding carboxylic acids is 1. The molecule has 0 bridgehead atoms. The number of nitrogens with two attached hydrogens (primary N) is 1. The van der Waals surface area contributed by atoms with Crippen LogP contribution in [0.15, 0.2) is 42.7 Å². The fourth-order valence-corrected chi connectivity index (χ4v) is 1.87. The third-order valence-electron chi connectivity index (χ3n) is 3.04. The molecule has 4 nitrogen and oxygen atoms in total. The van der Waals surface area contributed by atoms with Crippen LogP contribution in [0.4, 0.5) is 0 Å². The molecule has 1 aromatic carbocycles. The Kier molecular flexibility index (Phi) is 5.08. The van der Waals surface area contributed by atoms with Crippen LogP contribution in [0.5, 0.6) is 0 Å². The average Bonchev–Trinajstić information content (AvgIpc) is 2.52. The Bertz CT molecular complexity index is 698. The molecule has 0 aliphatic carbocycles. The van der Waals surface area contributed by atoms with Crippen LogP contribution in [-0.4, -0.2) is 17.4 Å². The van der Waals surface area contributed by atoms with E-state index in [1.165, 1.54) is 0 Å². The molecule has 1 aromatic heterocycles. The zero-order valence-corrected chi connectivity index (χ0v) is 11.9. The number of pyridine rings is 1. The Morgan fingerprint density at radius 3 is 3.00 bits per heavy atom. The van der Waals surface area contributed by atoms with Crippen LogP contribution >= 0.6 is 0 Å². The first-order valence-electron chi connectivity index (χ1n) is 6.67. The summed E-state index contributed by atoms with van der Waals surface area (Å²) in [5, 5.41) is 2.90. The maximum Gasteiger partial charge on any atom is 0.251 e. The zero-order valence-electron chi connectivity index (χ0n) is 11.9. The molecule has 0 spiro atoms. The van der Waals surface area contributed by atoms with Crippen LogP contribution in [0.1, 0.15) is 27.0 Å². The van der Waals surface area contributed by atoms with E-state index in [4.69, 9.17) is 5.73 Å². The first-order valence-corrected chi connectivity index (χ1v) is 6.67. The number of nitrogens with one attached hydrogen (secondary N) is 1. The lowest BCUT2D eigenvalue weighted by molar-refractivity contribution is 0.0951. The fourth-order valence-electron chi connectivity index (χ4n) is 1.87. The topological polar surface area (TPSA) is 68.0 Å². The predicted octanol–water partition coefficient (Wildman–Crippen LogP) is 1.63. The minimum Gasteiger partial charge on any atom is -0.348 e. The van der Waals surface area contributed by atoms with Crippen LogP contribution in [0, 0.1) is 18.8 Å². The van der Waals surface area contributed by atoms with Gasteiger partial charge in [0.2, 0.25) is 0 Å². The Labute approximate surface area is 124 Å². The van der Waals surface area contributed by atoms with E-state index in [0.29, 0.717) is 18.7 Å². The molecule has 106 valence electrons. The summed E-state index contributed by atoms with van der Waals surface area (Å²) in [5.74, 6) is 5.57. The number of aromatic nitrogens is 1. The molecule has 2 rings (SSSR count). The lowest BCUT2D eigenvalue weighted by Gasteiger charge is -2.07. The van der Waals surface area contributed by atoms with Crippen molar-refractivity contribution < 1.29 is 4.79 Å². The third-order valence-corrected chi connectivity index (χ3v) is 3.04. The van der Waals surface area contributed by atoms with Gasteiger partial charge in [-0.25, -0.2) is 0 Å². The molecule has 0 aliphatic heterocycles. The maximum atomic E-state index is 12.2. The number of carbonyl (C=O) groups is 1. The summed E-state index contributed by atoms with van der Waals surface area (Å²) < 4.78 is 0. The maximum absolute atomic E-state index is 12.2. The summed E-state index contributed by atoms with van der Waals surface area (Å²) in [4.78, 5) is 16.2. The van der Waals surface area contributed by atoms with Crippen molar-refractivity contribution >= 4 is 5.91 Å². The van der Waals surface area contributed by atoms with Gasteiger partial charge in [0.25, 0.3) is 5.91 Å². The van der Waals surface area contributed by atoms with Crippen molar-refractivity contribution in [3.63, 3.8) is 0 Å². The lowest BCUT2D eigenvalue weighted by atomic mass is 10.1. The quantitative estimate of drug-likeness (QED) is 0.839. The summed E-state index contributed by atoms with van der Waals surface area (Å²) in [7, 11) is 0. The predicted molar refractivity (Wildman–Crippen MR) is 82.5 cm³/mol. The number of hydrogen-bond acceptors (Lipinski definition) is 3. The van der Waals surface area contributed by atoms with Gasteiger partial charge in [0.05, 0.1) is 6.54 Å². The van der Waals surface area contributed by atoms with Crippen molar-refractivity contribution in [3.05, 3.63) is 65.0 Å². The van der Waals surface area contributed by atoms with Crippen molar-refractivity contribution in [2.24, 2.45) is 5.73 Å². The molecule has 0 atom stereocenters. The average molecular weight is 279 g/mol. The molecule has 2 aromatic rings. The van der Waals surface area contributed by atoms with Gasteiger partial charge in [-0.1, -0.05) is 17.9 Å². The lowest BCUT2D eigenvalue weighted by Crippen LogP contribution is -2.23. The van der Waals surface area contributed by atoms with E-state index >= 15 is 0 Å². The van der Waals surface area contributed by atoms with Gasteiger partial charge < -0.3 is 11.1 Å². The number of nitrogens with zero attached hydrogens (tertiary/aromatic N) is 1. The van der Waals surface area contributed by atoms with E-state index in [0.717, 1.165) is 16.7 Å². The molecule has 0 fully saturated rings. The van der Waals surface area contributed by atoms with Gasteiger partial charge in [0.15, 0.2) is 0 Å². The van der Waals surface area contributed by atoms with Crippen molar-refractivity contribution in [2.75, 3.05) is 6.54 Å². The van der Waals surface area contributed by atoms with Crippen molar-refractivity contribution in [2.45, 2.75) is 13.5 Å². The number of benzene rings is 1. The van der Waals surface area contributed by atoms with Crippen LogP contribution in [0.2, 0.25) is 0 Å². The first-order chi connectivity index (χ1) is 10.2. The zero-order chi connectivity index (χ0) is 15.1. The highest BCUT2D eigenvalue weighted by Crippen LogP contribution is 2.07. The van der Waals surface area contributed by atoms with Crippen LogP contribution < -0.4 is 11.1 Å². The van der Waals surface area contributed by atoms with Gasteiger partial charge in [-0.2, -0.15) is 0 Å². The number of amides is 1. The fraction of sp³-hybridized carbons (Fsp3) is 0.176. The highest BCUT2D eigenvalue weighted by atomic mass is 16.1. The normalized spacial score (nSPS) is 9.62. The number of aryl methyl sites for hydroxylation is 1. The van der Waals surface area contributed by atoms with Crippen LogP contribution in [0.25, 0.3) is 0 Å². The SMILES string of the molecule is Cc1cnccc1CNC(=O)c1cccc(C#CCN)c1. The molecule has 0 saturated carbocycles. The van der Waals surface area contributed by atoms with Crippen molar-refractivity contribution in [3.8, 4) is 11.8 Å². The van der Waals surface area contributed by atoms with Gasteiger partial charge in [0, 0.05) is 30.1 Å². The van der Waals surface area contributed by atoms with E-state index in [9.17, 15) is 4.79 Å². The highest BCUT2D eigenvalue weighted by molar-refractivity contribution is 5.94. The van der Waals surface area contributed by atoms with E-state index in [2.05, 4.69) is 22.1 Å². The molecular weight excluding hydrogens is 262 g/mol. The standard InChI is InChI=1S/C17H17N3O/c1-13-11-19-9-7-16(13)12-20-17(21)15-6-2-4-14(10-15)5-3-8-18/h2,4,6-7,9-11H,8,12,18H2,1H3,(H,20,21). The molecule has 0 unspecified atom stereocenters. The van der Waals surface area contributed by atoms with E-state index < -0.39 is 0 Å². The largest absolute Gasteiger partial charge is 0.348 e. The third kappa shape index (κ3) is 4.16. The van der Waals surface area contributed by atoms with Gasteiger partial charge in [0.1, 0.15) is 0 Å². The van der Waals surface area contributed by atoms with Crippen LogP contribution in [-0.2, 0) is 6.54 Å². The van der Waals surface area contributed by atoms with E-state index in [1.54, 1.807) is 24.5 Å². The molecule has 0 aliphatic rings. The monoisotopic (exact) mass is 279 g/mol. The summed E-state index contributed by atoms with van der Waals surface area (Å²) >= 11 is 0. The van der Waals surface area contributed by atoms with Gasteiger partial charge in [-0.05, 0) is 42.3 Å². The smallest absolute Gasteiger partial charge is 0.251 e. The van der Waals surface area contributed by atoms with Gasteiger partial charge >= 0.3 is 0 Å². The minimum atomic E-state index is -0.123. The summed E-state index contributed by atoms with van der Waals surface area (Å²) in [5.41, 5.74) is 8.83. The van der Waals surface area contributed by atoms with Crippen LogP contribution in [0.3, 0.4) is 0 Å². The molecule has 1 heterocycles. The Morgan fingerprint density at radius 1 is 1.38 bits per heavy atom. The molecule has 0 saturated heterocycles. The highest BCUT2D eigenvalue weighted by Gasteiger charge is 2.06. The number of rotatable bonds is 3. The minimum absolute atomic E-state index is 0.123. The molecular formula is C17H17N3O. The Balaban J connectivity index is 2.05. The van der Waals surface area contributed by atoms with Crippen molar-refractivity contribution in [1.82, 2.24) is 10.3 Å². The number of hydrogen-bond donors (Lipinski definition) is 2. The molecule has 1 amide bonds.